The number of hydrogen-bond acceptors (Lipinski definition) is 4. The lowest BCUT2D eigenvalue weighted by Gasteiger charge is -2.23. The topological polar surface area (TPSA) is 79.5 Å². The number of carbonyl (C=O) groups excluding carboxylic acids is 2. The SMILES string of the molecule is CCOC(=O)C1CCCN1C(=O)c1c(C)cc(C)[nH]c1=O. The standard InChI is InChI=1S/C15H20N2O4/c1-4-21-15(20)11-6-5-7-17(11)14(19)12-9(2)8-10(3)16-13(12)18/h8,11H,4-7H2,1-3H3,(H,16,18). The average molecular weight is 292 g/mol. The Bertz CT molecular complexity index is 621. The van der Waals surface area contributed by atoms with E-state index < -0.39 is 23.5 Å². The smallest absolute Gasteiger partial charge is 0.328 e. The summed E-state index contributed by atoms with van der Waals surface area (Å²) < 4.78 is 5.00. The molecular formula is C15H20N2O4. The van der Waals surface area contributed by atoms with Crippen molar-refractivity contribution in [2.45, 2.75) is 39.7 Å². The van der Waals surface area contributed by atoms with Gasteiger partial charge in [-0.3, -0.25) is 9.59 Å². The Morgan fingerprint density at radius 1 is 1.43 bits per heavy atom. The molecule has 1 atom stereocenters. The largest absolute Gasteiger partial charge is 0.464 e. The first-order chi connectivity index (χ1) is 9.95. The van der Waals surface area contributed by atoms with Crippen LogP contribution in [0.3, 0.4) is 0 Å². The lowest BCUT2D eigenvalue weighted by Crippen LogP contribution is -2.43. The molecule has 1 unspecified atom stereocenters. The molecule has 21 heavy (non-hydrogen) atoms. The summed E-state index contributed by atoms with van der Waals surface area (Å²) >= 11 is 0. The number of rotatable bonds is 3. The van der Waals surface area contributed by atoms with Gasteiger partial charge in [0.15, 0.2) is 0 Å². The normalized spacial score (nSPS) is 17.9. The van der Waals surface area contributed by atoms with Gasteiger partial charge < -0.3 is 14.6 Å². The third kappa shape index (κ3) is 2.99. The molecule has 1 saturated heterocycles. The van der Waals surface area contributed by atoms with Gasteiger partial charge in [0, 0.05) is 12.2 Å². The van der Waals surface area contributed by atoms with E-state index in [1.54, 1.807) is 26.8 Å². The number of H-pyrrole nitrogens is 1. The molecule has 1 aromatic heterocycles. The number of aryl methyl sites for hydroxylation is 2. The van der Waals surface area contributed by atoms with Crippen LogP contribution in [0.15, 0.2) is 10.9 Å². The molecule has 0 bridgehead atoms. The Labute approximate surface area is 123 Å². The highest BCUT2D eigenvalue weighted by atomic mass is 16.5. The van der Waals surface area contributed by atoms with E-state index in [1.807, 2.05) is 0 Å². The molecule has 0 radical (unpaired) electrons. The number of aromatic nitrogens is 1. The summed E-state index contributed by atoms with van der Waals surface area (Å²) in [6.45, 7) is 5.97. The van der Waals surface area contributed by atoms with Crippen LogP contribution in [-0.4, -0.2) is 41.0 Å². The van der Waals surface area contributed by atoms with Crippen molar-refractivity contribution in [3.8, 4) is 0 Å². The predicted octanol–water partition coefficient (Wildman–Crippen LogP) is 1.16. The van der Waals surface area contributed by atoms with Gasteiger partial charge in [0.05, 0.1) is 6.61 Å². The van der Waals surface area contributed by atoms with Crippen LogP contribution in [0.5, 0.6) is 0 Å². The van der Waals surface area contributed by atoms with Crippen molar-refractivity contribution in [3.05, 3.63) is 33.2 Å². The zero-order valence-electron chi connectivity index (χ0n) is 12.6. The zero-order chi connectivity index (χ0) is 15.6. The number of likely N-dealkylation sites (tertiary alicyclic amines) is 1. The minimum atomic E-state index is -0.586. The molecule has 2 heterocycles. The molecule has 1 amide bonds. The maximum Gasteiger partial charge on any atom is 0.328 e. The van der Waals surface area contributed by atoms with Crippen molar-refractivity contribution >= 4 is 11.9 Å². The highest BCUT2D eigenvalue weighted by molar-refractivity contribution is 5.98. The Morgan fingerprint density at radius 3 is 2.76 bits per heavy atom. The monoisotopic (exact) mass is 292 g/mol. The maximum atomic E-state index is 12.6. The molecule has 0 aromatic carbocycles. The molecule has 1 N–H and O–H groups in total. The number of nitrogens with one attached hydrogen (secondary N) is 1. The van der Waals surface area contributed by atoms with Gasteiger partial charge in [-0.1, -0.05) is 0 Å². The van der Waals surface area contributed by atoms with Crippen molar-refractivity contribution in [3.63, 3.8) is 0 Å². The van der Waals surface area contributed by atoms with Gasteiger partial charge in [0.25, 0.3) is 11.5 Å². The minimum Gasteiger partial charge on any atom is -0.464 e. The van der Waals surface area contributed by atoms with Crippen molar-refractivity contribution in [2.75, 3.05) is 13.2 Å². The summed E-state index contributed by atoms with van der Waals surface area (Å²) in [6.07, 6.45) is 1.31. The first kappa shape index (κ1) is 15.3. The highest BCUT2D eigenvalue weighted by Gasteiger charge is 2.36. The lowest BCUT2D eigenvalue weighted by atomic mass is 10.1. The fourth-order valence-corrected chi connectivity index (χ4v) is 2.76. The quantitative estimate of drug-likeness (QED) is 0.848. The average Bonchev–Trinajstić information content (AvgIpc) is 2.86. The molecular weight excluding hydrogens is 272 g/mol. The molecule has 1 aliphatic rings. The summed E-state index contributed by atoms with van der Waals surface area (Å²) in [5, 5.41) is 0. The number of amides is 1. The second-order valence-corrected chi connectivity index (χ2v) is 5.25. The number of esters is 1. The molecule has 1 aromatic rings. The van der Waals surface area contributed by atoms with E-state index >= 15 is 0 Å². The first-order valence-corrected chi connectivity index (χ1v) is 7.13. The van der Waals surface area contributed by atoms with Gasteiger partial charge in [-0.05, 0) is 45.2 Å². The van der Waals surface area contributed by atoms with Gasteiger partial charge in [0.1, 0.15) is 11.6 Å². The molecule has 1 aliphatic heterocycles. The second kappa shape index (κ2) is 6.11. The molecule has 2 rings (SSSR count). The molecule has 114 valence electrons. The highest BCUT2D eigenvalue weighted by Crippen LogP contribution is 2.21. The van der Waals surface area contributed by atoms with Crippen molar-refractivity contribution in [2.24, 2.45) is 0 Å². The van der Waals surface area contributed by atoms with Gasteiger partial charge in [-0.15, -0.1) is 0 Å². The van der Waals surface area contributed by atoms with E-state index in [1.165, 1.54) is 4.90 Å². The number of hydrogen-bond donors (Lipinski definition) is 1. The van der Waals surface area contributed by atoms with Crippen LogP contribution >= 0.6 is 0 Å². The molecule has 0 saturated carbocycles. The third-order valence-electron chi connectivity index (χ3n) is 3.65. The number of aromatic amines is 1. The van der Waals surface area contributed by atoms with E-state index in [9.17, 15) is 14.4 Å². The molecule has 0 aliphatic carbocycles. The van der Waals surface area contributed by atoms with E-state index in [-0.39, 0.29) is 12.2 Å². The van der Waals surface area contributed by atoms with Crippen LogP contribution in [-0.2, 0) is 9.53 Å². The predicted molar refractivity (Wildman–Crippen MR) is 77.2 cm³/mol. The lowest BCUT2D eigenvalue weighted by molar-refractivity contribution is -0.147. The fraction of sp³-hybridized carbons (Fsp3) is 0.533. The van der Waals surface area contributed by atoms with E-state index in [4.69, 9.17) is 4.74 Å². The fourth-order valence-electron chi connectivity index (χ4n) is 2.76. The zero-order valence-corrected chi connectivity index (χ0v) is 12.6. The van der Waals surface area contributed by atoms with Crippen LogP contribution in [0.4, 0.5) is 0 Å². The van der Waals surface area contributed by atoms with Crippen LogP contribution in [0, 0.1) is 13.8 Å². The number of carbonyl (C=O) groups is 2. The maximum absolute atomic E-state index is 12.6. The molecule has 0 spiro atoms. The van der Waals surface area contributed by atoms with Gasteiger partial charge in [-0.2, -0.15) is 0 Å². The summed E-state index contributed by atoms with van der Waals surface area (Å²) in [7, 11) is 0. The molecule has 1 fully saturated rings. The van der Waals surface area contributed by atoms with Crippen LogP contribution < -0.4 is 5.56 Å². The van der Waals surface area contributed by atoms with Crippen molar-refractivity contribution in [1.29, 1.82) is 0 Å². The Morgan fingerprint density at radius 2 is 2.14 bits per heavy atom. The first-order valence-electron chi connectivity index (χ1n) is 7.13. The van der Waals surface area contributed by atoms with E-state index in [2.05, 4.69) is 4.98 Å². The Kier molecular flexibility index (Phi) is 4.45. The van der Waals surface area contributed by atoms with Crippen LogP contribution in [0.25, 0.3) is 0 Å². The minimum absolute atomic E-state index is 0.108. The number of nitrogens with zero attached hydrogens (tertiary/aromatic N) is 1. The molecule has 6 heteroatoms. The van der Waals surface area contributed by atoms with Crippen LogP contribution in [0.1, 0.15) is 41.4 Å². The Hall–Kier alpha value is -2.11. The van der Waals surface area contributed by atoms with Crippen LogP contribution in [0.2, 0.25) is 0 Å². The van der Waals surface area contributed by atoms with E-state index in [0.717, 1.165) is 6.42 Å². The van der Waals surface area contributed by atoms with Gasteiger partial charge in [0.2, 0.25) is 0 Å². The summed E-state index contributed by atoms with van der Waals surface area (Å²) in [5.41, 5.74) is 1.02. The summed E-state index contributed by atoms with van der Waals surface area (Å²) in [4.78, 5) is 40.7. The molecule has 6 nitrogen and oxygen atoms in total. The Balaban J connectivity index is 2.31. The van der Waals surface area contributed by atoms with Crippen molar-refractivity contribution < 1.29 is 14.3 Å². The van der Waals surface area contributed by atoms with Gasteiger partial charge >= 0.3 is 5.97 Å². The van der Waals surface area contributed by atoms with Gasteiger partial charge in [-0.25, -0.2) is 4.79 Å². The third-order valence-corrected chi connectivity index (χ3v) is 3.65. The number of ether oxygens (including phenoxy) is 1. The second-order valence-electron chi connectivity index (χ2n) is 5.25. The summed E-state index contributed by atoms with van der Waals surface area (Å²) in [5.74, 6) is -0.797. The number of pyridine rings is 1. The summed E-state index contributed by atoms with van der Waals surface area (Å²) in [6, 6.07) is 1.17. The van der Waals surface area contributed by atoms with Crippen molar-refractivity contribution in [1.82, 2.24) is 9.88 Å². The van der Waals surface area contributed by atoms with E-state index in [0.29, 0.717) is 24.2 Å².